The molecule has 1 unspecified atom stereocenters. The molecule has 1 atom stereocenters. The molecular formula is C9H13NO. The Hall–Kier alpha value is -0.810. The van der Waals surface area contributed by atoms with Crippen LogP contribution in [0.4, 0.5) is 0 Å². The maximum Gasteiger partial charge on any atom is 0.161 e. The summed E-state index contributed by atoms with van der Waals surface area (Å²) in [6.07, 6.45) is 8.48. The zero-order valence-corrected chi connectivity index (χ0v) is 6.55. The number of nitrogens with two attached hydrogens (primary N) is 1. The topological polar surface area (TPSA) is 43.1 Å². The van der Waals surface area contributed by atoms with E-state index in [4.69, 9.17) is 12.2 Å². The highest BCUT2D eigenvalue weighted by atomic mass is 16.1. The van der Waals surface area contributed by atoms with Gasteiger partial charge in [0.25, 0.3) is 0 Å². The van der Waals surface area contributed by atoms with E-state index in [0.717, 1.165) is 6.42 Å². The molecule has 0 radical (unpaired) electrons. The third kappa shape index (κ3) is 2.73. The summed E-state index contributed by atoms with van der Waals surface area (Å²) in [6.45, 7) is 0. The van der Waals surface area contributed by atoms with Gasteiger partial charge in [0.15, 0.2) is 5.78 Å². The Bertz CT molecular complexity index is 188. The van der Waals surface area contributed by atoms with Crippen LogP contribution in [-0.4, -0.2) is 11.8 Å². The smallest absolute Gasteiger partial charge is 0.161 e. The molecule has 0 spiro atoms. The van der Waals surface area contributed by atoms with Gasteiger partial charge in [-0.1, -0.05) is 18.8 Å². The van der Waals surface area contributed by atoms with Gasteiger partial charge in [-0.3, -0.25) is 4.79 Å². The lowest BCUT2D eigenvalue weighted by Gasteiger charge is -2.06. The molecule has 2 nitrogen and oxygen atoms in total. The highest BCUT2D eigenvalue weighted by Crippen LogP contribution is 2.33. The molecular weight excluding hydrogens is 138 g/mol. The maximum absolute atomic E-state index is 11.0. The lowest BCUT2D eigenvalue weighted by molar-refractivity contribution is -0.119. The number of terminal acetylenes is 1. The standard InChI is InChI=1S/C9H13NO/c1-2-3-9(11)8(10)6-7-4-5-7/h1,7-8H,3-6,10H2. The Balaban J connectivity index is 2.22. The fourth-order valence-corrected chi connectivity index (χ4v) is 1.08. The Morgan fingerprint density at radius 2 is 2.36 bits per heavy atom. The Labute approximate surface area is 67.2 Å². The maximum atomic E-state index is 11.0. The summed E-state index contributed by atoms with van der Waals surface area (Å²) >= 11 is 0. The van der Waals surface area contributed by atoms with Gasteiger partial charge in [0, 0.05) is 0 Å². The molecule has 1 aliphatic rings. The van der Waals surface area contributed by atoms with Crippen molar-refractivity contribution in [2.75, 3.05) is 0 Å². The van der Waals surface area contributed by atoms with Gasteiger partial charge in [-0.2, -0.15) is 0 Å². The van der Waals surface area contributed by atoms with Crippen molar-refractivity contribution in [3.63, 3.8) is 0 Å². The van der Waals surface area contributed by atoms with Crippen LogP contribution in [0.25, 0.3) is 0 Å². The lowest BCUT2D eigenvalue weighted by Crippen LogP contribution is -2.30. The van der Waals surface area contributed by atoms with Crippen LogP contribution in [0.2, 0.25) is 0 Å². The molecule has 0 aromatic rings. The van der Waals surface area contributed by atoms with E-state index in [1.807, 2.05) is 0 Å². The fraction of sp³-hybridized carbons (Fsp3) is 0.667. The van der Waals surface area contributed by atoms with Crippen molar-refractivity contribution in [3.8, 4) is 12.3 Å². The van der Waals surface area contributed by atoms with Crippen LogP contribution in [0, 0.1) is 18.3 Å². The number of hydrogen-bond donors (Lipinski definition) is 1. The van der Waals surface area contributed by atoms with Crippen molar-refractivity contribution < 1.29 is 4.79 Å². The summed E-state index contributed by atoms with van der Waals surface area (Å²) in [4.78, 5) is 11.0. The molecule has 0 amide bonds. The van der Waals surface area contributed by atoms with Gasteiger partial charge in [-0.05, 0) is 12.3 Å². The van der Waals surface area contributed by atoms with Gasteiger partial charge in [0.1, 0.15) is 0 Å². The summed E-state index contributed by atoms with van der Waals surface area (Å²) < 4.78 is 0. The van der Waals surface area contributed by atoms with Gasteiger partial charge in [0.2, 0.25) is 0 Å². The zero-order valence-electron chi connectivity index (χ0n) is 6.55. The van der Waals surface area contributed by atoms with Crippen molar-refractivity contribution in [1.29, 1.82) is 0 Å². The normalized spacial score (nSPS) is 18.9. The van der Waals surface area contributed by atoms with E-state index in [1.54, 1.807) is 0 Å². The molecule has 11 heavy (non-hydrogen) atoms. The summed E-state index contributed by atoms with van der Waals surface area (Å²) in [5, 5.41) is 0. The number of ketones is 1. The minimum Gasteiger partial charge on any atom is -0.321 e. The van der Waals surface area contributed by atoms with Crippen molar-refractivity contribution in [1.82, 2.24) is 0 Å². The predicted octanol–water partition coefficient (Wildman–Crippen LogP) is 0.706. The van der Waals surface area contributed by atoms with Crippen LogP contribution < -0.4 is 5.73 Å². The van der Waals surface area contributed by atoms with Gasteiger partial charge >= 0.3 is 0 Å². The third-order valence-electron chi connectivity index (χ3n) is 1.97. The van der Waals surface area contributed by atoms with E-state index < -0.39 is 0 Å². The third-order valence-corrected chi connectivity index (χ3v) is 1.97. The zero-order chi connectivity index (χ0) is 8.27. The van der Waals surface area contributed by atoms with E-state index in [0.29, 0.717) is 5.92 Å². The van der Waals surface area contributed by atoms with Gasteiger partial charge in [-0.25, -0.2) is 0 Å². The van der Waals surface area contributed by atoms with Crippen LogP contribution in [-0.2, 0) is 4.79 Å². The lowest BCUT2D eigenvalue weighted by atomic mass is 10.1. The number of carbonyl (C=O) groups excluding carboxylic acids is 1. The Morgan fingerprint density at radius 3 is 2.82 bits per heavy atom. The number of hydrogen-bond acceptors (Lipinski definition) is 2. The average molecular weight is 151 g/mol. The molecule has 0 heterocycles. The summed E-state index contributed by atoms with van der Waals surface area (Å²) in [7, 11) is 0. The van der Waals surface area contributed by atoms with Crippen LogP contribution in [0.1, 0.15) is 25.7 Å². The van der Waals surface area contributed by atoms with Gasteiger partial charge in [0.05, 0.1) is 12.5 Å². The second-order valence-corrected chi connectivity index (χ2v) is 3.13. The van der Waals surface area contributed by atoms with Crippen LogP contribution in [0.3, 0.4) is 0 Å². The molecule has 1 saturated carbocycles. The molecule has 0 bridgehead atoms. The molecule has 60 valence electrons. The quantitative estimate of drug-likeness (QED) is 0.601. The number of rotatable bonds is 4. The van der Waals surface area contributed by atoms with Crippen LogP contribution in [0.15, 0.2) is 0 Å². The minimum absolute atomic E-state index is 0.0133. The first kappa shape index (κ1) is 8.29. The van der Waals surface area contributed by atoms with Crippen LogP contribution >= 0.6 is 0 Å². The Morgan fingerprint density at radius 1 is 1.73 bits per heavy atom. The summed E-state index contributed by atoms with van der Waals surface area (Å²) in [6, 6.07) is -0.307. The molecule has 0 aliphatic heterocycles. The molecule has 2 N–H and O–H groups in total. The van der Waals surface area contributed by atoms with E-state index >= 15 is 0 Å². The second-order valence-electron chi connectivity index (χ2n) is 3.13. The predicted molar refractivity (Wildman–Crippen MR) is 43.8 cm³/mol. The SMILES string of the molecule is C#CCC(=O)C(N)CC1CC1. The first-order valence-corrected chi connectivity index (χ1v) is 3.95. The van der Waals surface area contributed by atoms with E-state index in [-0.39, 0.29) is 18.2 Å². The van der Waals surface area contributed by atoms with E-state index in [9.17, 15) is 4.79 Å². The van der Waals surface area contributed by atoms with Crippen molar-refractivity contribution in [3.05, 3.63) is 0 Å². The summed E-state index contributed by atoms with van der Waals surface area (Å²) in [5.74, 6) is 3.03. The number of carbonyl (C=O) groups is 1. The largest absolute Gasteiger partial charge is 0.321 e. The van der Waals surface area contributed by atoms with Crippen molar-refractivity contribution in [2.45, 2.75) is 31.7 Å². The first-order chi connectivity index (χ1) is 5.24. The highest BCUT2D eigenvalue weighted by Gasteiger charge is 2.26. The van der Waals surface area contributed by atoms with Crippen LogP contribution in [0.5, 0.6) is 0 Å². The molecule has 0 aromatic carbocycles. The molecule has 2 heteroatoms. The molecule has 1 fully saturated rings. The molecule has 1 rings (SSSR count). The average Bonchev–Trinajstić information content (AvgIpc) is 2.72. The van der Waals surface area contributed by atoms with Gasteiger partial charge < -0.3 is 5.73 Å². The Kier molecular flexibility index (Phi) is 2.67. The summed E-state index contributed by atoms with van der Waals surface area (Å²) in [5.41, 5.74) is 5.60. The first-order valence-electron chi connectivity index (χ1n) is 3.95. The molecule has 0 aromatic heterocycles. The minimum atomic E-state index is -0.307. The fourth-order valence-electron chi connectivity index (χ4n) is 1.08. The van der Waals surface area contributed by atoms with E-state index in [1.165, 1.54) is 12.8 Å². The number of Topliss-reactive ketones (excluding diaryl/α,β-unsaturated/α-hetero) is 1. The van der Waals surface area contributed by atoms with E-state index in [2.05, 4.69) is 5.92 Å². The second kappa shape index (κ2) is 3.54. The highest BCUT2D eigenvalue weighted by molar-refractivity contribution is 5.85. The molecule has 1 aliphatic carbocycles. The van der Waals surface area contributed by atoms with Crippen molar-refractivity contribution in [2.24, 2.45) is 11.7 Å². The molecule has 0 saturated heterocycles. The van der Waals surface area contributed by atoms with Crippen molar-refractivity contribution >= 4 is 5.78 Å². The monoisotopic (exact) mass is 151 g/mol. The van der Waals surface area contributed by atoms with Gasteiger partial charge in [-0.15, -0.1) is 6.42 Å².